The normalized spacial score (nSPS) is 20.1. The summed E-state index contributed by atoms with van der Waals surface area (Å²) >= 11 is 1.14. The van der Waals surface area contributed by atoms with Gasteiger partial charge in [0.05, 0.1) is 19.5 Å². The van der Waals surface area contributed by atoms with Crippen LogP contribution in [0.15, 0.2) is 12.7 Å². The number of anilines is 1. The van der Waals surface area contributed by atoms with Gasteiger partial charge in [0.15, 0.2) is 22.8 Å². The molecular formula is C37H63N7Na3O17P3S. The SMILES string of the molecule is CCCCCCCCCCCCCCCC(=O)SCCNC(=O)CCNC(=O)C(O)C(C)(C)COP(=O)([O-])OP(=O)([O-])OCC1OC(n2cnc3c(N)ncnc32)C(O)C1OP(=O)([O-])O.[Na+].[Na+].[Na+]. The second-order valence-electron chi connectivity index (χ2n) is 16.2. The molecule has 1 fully saturated rings. The van der Waals surface area contributed by atoms with Crippen molar-refractivity contribution in [3.8, 4) is 0 Å². The van der Waals surface area contributed by atoms with Crippen molar-refractivity contribution in [1.82, 2.24) is 30.2 Å². The first-order chi connectivity index (χ1) is 30.6. The number of hydrogen-bond donors (Lipinski definition) is 6. The van der Waals surface area contributed by atoms with Crippen molar-refractivity contribution in [2.24, 2.45) is 5.41 Å². The van der Waals surface area contributed by atoms with E-state index in [1.807, 2.05) is 0 Å². The van der Waals surface area contributed by atoms with E-state index in [1.54, 1.807) is 0 Å². The van der Waals surface area contributed by atoms with Gasteiger partial charge in [-0.3, -0.25) is 32.6 Å². The van der Waals surface area contributed by atoms with E-state index in [2.05, 4.69) is 50.4 Å². The maximum Gasteiger partial charge on any atom is 1.00 e. The molecule has 2 aromatic heterocycles. The third kappa shape index (κ3) is 25.7. The van der Waals surface area contributed by atoms with E-state index in [0.717, 1.165) is 48.2 Å². The Bertz CT molecular complexity index is 1980. The predicted octanol–water partition coefficient (Wildman–Crippen LogP) is -6.74. The Labute approximate surface area is 467 Å². The van der Waals surface area contributed by atoms with E-state index in [4.69, 9.17) is 10.5 Å². The number of phosphoric ester groups is 3. The van der Waals surface area contributed by atoms with Crippen LogP contribution in [0.25, 0.3) is 11.2 Å². The zero-order valence-electron chi connectivity index (χ0n) is 39.9. The monoisotopic (exact) mass is 1070 g/mol. The maximum absolute atomic E-state index is 12.6. The van der Waals surface area contributed by atoms with Gasteiger partial charge in [0, 0.05) is 37.1 Å². The molecule has 0 radical (unpaired) electrons. The van der Waals surface area contributed by atoms with E-state index >= 15 is 0 Å². The van der Waals surface area contributed by atoms with Crippen LogP contribution in [0.1, 0.15) is 123 Å². The summed E-state index contributed by atoms with van der Waals surface area (Å²) in [7, 11) is -17.3. The number of nitrogens with one attached hydrogen (secondary N) is 2. The molecule has 0 aromatic carbocycles. The maximum atomic E-state index is 12.6. The molecule has 8 unspecified atom stereocenters. The van der Waals surface area contributed by atoms with Crippen molar-refractivity contribution < 1.29 is 169 Å². The number of ether oxygens (including phenoxy) is 1. The van der Waals surface area contributed by atoms with Gasteiger partial charge >= 0.3 is 88.7 Å². The van der Waals surface area contributed by atoms with Crippen LogP contribution < -0.4 is 120 Å². The van der Waals surface area contributed by atoms with Gasteiger partial charge in [0.2, 0.25) is 11.8 Å². The summed E-state index contributed by atoms with van der Waals surface area (Å²) < 4.78 is 61.1. The second kappa shape index (κ2) is 34.2. The van der Waals surface area contributed by atoms with Crippen LogP contribution in [0.5, 0.6) is 0 Å². The third-order valence-electron chi connectivity index (χ3n) is 10.2. The number of aliphatic hydroxyl groups is 2. The summed E-state index contributed by atoms with van der Waals surface area (Å²) in [6.45, 7) is 2.46. The topological polar surface area (TPSA) is 372 Å². The van der Waals surface area contributed by atoms with Gasteiger partial charge in [0.25, 0.3) is 23.5 Å². The van der Waals surface area contributed by atoms with Crippen molar-refractivity contribution >= 4 is 69.1 Å². The van der Waals surface area contributed by atoms with Crippen LogP contribution in [0.3, 0.4) is 0 Å². The number of nitrogens with zero attached hydrogens (tertiary/aromatic N) is 4. The molecule has 0 aliphatic carbocycles. The molecule has 3 heterocycles. The smallest absolute Gasteiger partial charge is 0.756 e. The Hall–Kier alpha value is 0.560. The second-order valence-corrected chi connectivity index (χ2v) is 21.5. The number of rotatable bonds is 33. The fourth-order valence-corrected chi connectivity index (χ4v) is 10.1. The first kappa shape index (κ1) is 68.6. The first-order valence-electron chi connectivity index (χ1n) is 21.5. The Morgan fingerprint density at radius 2 is 1.46 bits per heavy atom. The molecule has 31 heteroatoms. The summed E-state index contributed by atoms with van der Waals surface area (Å²) in [5.41, 5.74) is 4.14. The van der Waals surface area contributed by atoms with Gasteiger partial charge in [-0.15, -0.1) is 0 Å². The number of phosphoric acid groups is 3. The molecule has 1 saturated heterocycles. The number of carbonyl (C=O) groups is 3. The van der Waals surface area contributed by atoms with E-state index < -0.39 is 84.6 Å². The van der Waals surface area contributed by atoms with Crippen molar-refractivity contribution in [3.05, 3.63) is 12.7 Å². The van der Waals surface area contributed by atoms with Crippen LogP contribution in [0.4, 0.5) is 5.82 Å². The number of hydrogen-bond acceptors (Lipinski definition) is 21. The molecule has 2 amide bonds. The molecule has 0 spiro atoms. The number of unbranched alkanes of at least 4 members (excludes halogenated alkanes) is 12. The van der Waals surface area contributed by atoms with Crippen molar-refractivity contribution in [2.75, 3.05) is 37.8 Å². The van der Waals surface area contributed by atoms with Crippen LogP contribution in [0.2, 0.25) is 0 Å². The van der Waals surface area contributed by atoms with Crippen LogP contribution >= 0.6 is 35.2 Å². The Morgan fingerprint density at radius 3 is 2.04 bits per heavy atom. The van der Waals surface area contributed by atoms with E-state index in [0.29, 0.717) is 12.2 Å². The molecule has 24 nitrogen and oxygen atoms in total. The van der Waals surface area contributed by atoms with Gasteiger partial charge in [-0.05, 0) is 6.42 Å². The van der Waals surface area contributed by atoms with E-state index in [9.17, 15) is 57.9 Å². The van der Waals surface area contributed by atoms with Gasteiger partial charge in [-0.25, -0.2) is 19.3 Å². The Balaban J connectivity index is 0.0000150. The average molecular weight is 1070 g/mol. The number of imidazole rings is 1. The molecule has 68 heavy (non-hydrogen) atoms. The van der Waals surface area contributed by atoms with Gasteiger partial charge in [-0.2, -0.15) is 0 Å². The van der Waals surface area contributed by atoms with Crippen LogP contribution in [0, 0.1) is 5.41 Å². The molecule has 1 aliphatic rings. The molecule has 372 valence electrons. The molecule has 2 aromatic rings. The zero-order valence-corrected chi connectivity index (χ0v) is 49.4. The molecule has 0 saturated carbocycles. The van der Waals surface area contributed by atoms with E-state index in [-0.39, 0.29) is 130 Å². The fraction of sp³-hybridized carbons (Fsp3) is 0.784. The summed E-state index contributed by atoms with van der Waals surface area (Å²) in [6, 6.07) is 0. The van der Waals surface area contributed by atoms with Crippen molar-refractivity contribution in [3.63, 3.8) is 0 Å². The minimum absolute atomic E-state index is 0. The summed E-state index contributed by atoms with van der Waals surface area (Å²) in [6.07, 6.45) is 8.99. The third-order valence-corrected chi connectivity index (χ3v) is 14.2. The zero-order chi connectivity index (χ0) is 48.3. The van der Waals surface area contributed by atoms with Crippen molar-refractivity contribution in [2.45, 2.75) is 148 Å². The number of carbonyl (C=O) groups excluding carboxylic acids is 3. The van der Waals surface area contributed by atoms with Gasteiger partial charge < -0.3 is 64.5 Å². The minimum Gasteiger partial charge on any atom is -0.756 e. The number of thioether (sulfide) groups is 1. The number of aliphatic hydroxyl groups excluding tert-OH is 2. The molecular weight excluding hydrogens is 1010 g/mol. The Kier molecular flexibility index (Phi) is 34.5. The molecule has 1 aliphatic heterocycles. The minimum atomic E-state index is -5.90. The standard InChI is InChI=1S/C37H66N7O17P3S.3Na/c1-4-5-6-7-8-9-10-11-12-13-14-15-16-17-28(46)65-21-20-39-27(45)18-19-40-35(49)32(48)37(2,3)23-58-64(55,56)61-63(53,54)57-22-26-31(60-62(50,51)52)30(47)36(59-26)44-25-43-29-33(38)41-24-42-34(29)44;;;/h24-26,30-32,36,47-48H,4-23H2,1-3H3,(H,39,45)(H,40,49)(H,53,54)(H,55,56)(H2,38,41,42)(H2,50,51,52);;;/q;3*+1/p-3. The quantitative estimate of drug-likeness (QED) is 0.0220. The molecule has 3 rings (SSSR count). The predicted molar refractivity (Wildman–Crippen MR) is 231 cm³/mol. The Morgan fingerprint density at radius 1 is 0.882 bits per heavy atom. The summed E-state index contributed by atoms with van der Waals surface area (Å²) in [5, 5.41) is 26.5. The molecule has 8 atom stereocenters. The van der Waals surface area contributed by atoms with Crippen molar-refractivity contribution in [1.29, 1.82) is 0 Å². The number of nitrogens with two attached hydrogens (primary N) is 1. The first-order valence-corrected chi connectivity index (χ1v) is 27.0. The summed E-state index contributed by atoms with van der Waals surface area (Å²) in [4.78, 5) is 94.8. The van der Waals surface area contributed by atoms with Crippen LogP contribution in [-0.2, 0) is 50.7 Å². The van der Waals surface area contributed by atoms with Gasteiger partial charge in [0.1, 0.15) is 36.3 Å². The number of aromatic nitrogens is 4. The van der Waals surface area contributed by atoms with Crippen LogP contribution in [-0.4, -0.2) is 108 Å². The average Bonchev–Trinajstić information content (AvgIpc) is 3.79. The number of fused-ring (bicyclic) bond motifs is 1. The molecule has 7 N–H and O–H groups in total. The van der Waals surface area contributed by atoms with Gasteiger partial charge in [-0.1, -0.05) is 110 Å². The fourth-order valence-electron chi connectivity index (χ4n) is 6.64. The largest absolute Gasteiger partial charge is 1.00 e. The molecule has 0 bridgehead atoms. The number of amides is 2. The number of nitrogen functional groups attached to an aromatic ring is 1. The summed E-state index contributed by atoms with van der Waals surface area (Å²) in [5.74, 6) is -1.11. The van der Waals surface area contributed by atoms with E-state index in [1.165, 1.54) is 78.1 Å².